The van der Waals surface area contributed by atoms with Crippen LogP contribution in [0.15, 0.2) is 0 Å². The molecule has 1 saturated heterocycles. The van der Waals surface area contributed by atoms with Crippen molar-refractivity contribution in [2.24, 2.45) is 0 Å². The molecule has 1 fully saturated rings. The lowest BCUT2D eigenvalue weighted by Gasteiger charge is -2.37. The largest absolute Gasteiger partial charge is 0.479 e. The van der Waals surface area contributed by atoms with Crippen LogP contribution in [-0.4, -0.2) is 65.5 Å². The van der Waals surface area contributed by atoms with Crippen LogP contribution in [0, 0.1) is 0 Å². The molecule has 1 heterocycles. The summed E-state index contributed by atoms with van der Waals surface area (Å²) in [7, 11) is 3.14. The van der Waals surface area contributed by atoms with Crippen molar-refractivity contribution in [1.29, 1.82) is 0 Å². The van der Waals surface area contributed by atoms with Gasteiger partial charge in [-0.2, -0.15) is 0 Å². The molecule has 0 aromatic heterocycles. The van der Waals surface area contributed by atoms with Gasteiger partial charge in [-0.15, -0.1) is 0 Å². The van der Waals surface area contributed by atoms with Crippen LogP contribution in [0.25, 0.3) is 0 Å². The SMILES string of the molecule is CCCC1(C(=O)O)CCCN1C(=O)N(C)CCC(=O)NC. The Hall–Kier alpha value is -1.79. The van der Waals surface area contributed by atoms with Crippen molar-refractivity contribution in [1.82, 2.24) is 15.1 Å². The summed E-state index contributed by atoms with van der Waals surface area (Å²) in [4.78, 5) is 38.3. The summed E-state index contributed by atoms with van der Waals surface area (Å²) < 4.78 is 0. The zero-order valence-corrected chi connectivity index (χ0v) is 13.0. The number of rotatable bonds is 6. The molecule has 120 valence electrons. The normalized spacial score (nSPS) is 21.2. The predicted molar refractivity (Wildman–Crippen MR) is 77.9 cm³/mol. The molecule has 1 rings (SSSR count). The lowest BCUT2D eigenvalue weighted by Crippen LogP contribution is -2.56. The maximum Gasteiger partial charge on any atom is 0.329 e. The molecule has 0 radical (unpaired) electrons. The molecule has 7 nitrogen and oxygen atoms in total. The molecule has 0 aliphatic carbocycles. The lowest BCUT2D eigenvalue weighted by molar-refractivity contribution is -0.148. The highest BCUT2D eigenvalue weighted by Crippen LogP contribution is 2.34. The predicted octanol–water partition coefficient (Wildman–Crippen LogP) is 0.894. The summed E-state index contributed by atoms with van der Waals surface area (Å²) in [5.41, 5.74) is -1.09. The zero-order chi connectivity index (χ0) is 16.0. The Morgan fingerprint density at radius 2 is 2.05 bits per heavy atom. The van der Waals surface area contributed by atoms with Gasteiger partial charge in [0.1, 0.15) is 5.54 Å². The van der Waals surface area contributed by atoms with Gasteiger partial charge in [0.15, 0.2) is 0 Å². The second-order valence-electron chi connectivity index (χ2n) is 5.47. The Morgan fingerprint density at radius 1 is 1.38 bits per heavy atom. The number of likely N-dealkylation sites (tertiary alicyclic amines) is 1. The second-order valence-corrected chi connectivity index (χ2v) is 5.47. The quantitative estimate of drug-likeness (QED) is 0.762. The number of carboxylic acid groups (broad SMARTS) is 1. The number of hydrogen-bond donors (Lipinski definition) is 2. The summed E-state index contributed by atoms with van der Waals surface area (Å²) in [6.45, 7) is 2.65. The monoisotopic (exact) mass is 299 g/mol. The van der Waals surface area contributed by atoms with Crippen molar-refractivity contribution >= 4 is 17.9 Å². The van der Waals surface area contributed by atoms with Gasteiger partial charge in [-0.3, -0.25) is 4.79 Å². The minimum Gasteiger partial charge on any atom is -0.479 e. The van der Waals surface area contributed by atoms with E-state index >= 15 is 0 Å². The molecule has 0 aromatic rings. The van der Waals surface area contributed by atoms with Crippen molar-refractivity contribution in [3.63, 3.8) is 0 Å². The van der Waals surface area contributed by atoms with Gasteiger partial charge in [0.05, 0.1) is 0 Å². The molecule has 3 amide bonds. The molecule has 7 heteroatoms. The molecule has 2 N–H and O–H groups in total. The lowest BCUT2D eigenvalue weighted by atomic mass is 9.91. The fourth-order valence-corrected chi connectivity index (χ4v) is 2.86. The smallest absolute Gasteiger partial charge is 0.329 e. The summed E-state index contributed by atoms with van der Waals surface area (Å²) in [6.07, 6.45) is 2.56. The van der Waals surface area contributed by atoms with Gasteiger partial charge < -0.3 is 20.2 Å². The first kappa shape index (κ1) is 17.3. The van der Waals surface area contributed by atoms with Gasteiger partial charge in [-0.1, -0.05) is 13.3 Å². The first-order valence-corrected chi connectivity index (χ1v) is 7.35. The van der Waals surface area contributed by atoms with E-state index in [9.17, 15) is 19.5 Å². The van der Waals surface area contributed by atoms with Crippen LogP contribution >= 0.6 is 0 Å². The average molecular weight is 299 g/mol. The van der Waals surface area contributed by atoms with Crippen molar-refractivity contribution < 1.29 is 19.5 Å². The third-order valence-corrected chi connectivity index (χ3v) is 4.06. The highest BCUT2D eigenvalue weighted by molar-refractivity contribution is 5.87. The Kier molecular flexibility index (Phi) is 5.99. The molecular weight excluding hydrogens is 274 g/mol. The van der Waals surface area contributed by atoms with Crippen molar-refractivity contribution in [2.45, 2.75) is 44.6 Å². The maximum atomic E-state index is 12.5. The molecule has 1 aliphatic rings. The maximum absolute atomic E-state index is 12.5. The fourth-order valence-electron chi connectivity index (χ4n) is 2.86. The number of nitrogens with one attached hydrogen (secondary N) is 1. The van der Waals surface area contributed by atoms with Gasteiger partial charge >= 0.3 is 12.0 Å². The van der Waals surface area contributed by atoms with E-state index in [0.29, 0.717) is 32.2 Å². The molecule has 1 atom stereocenters. The molecule has 0 spiro atoms. The highest BCUT2D eigenvalue weighted by Gasteiger charge is 2.49. The topological polar surface area (TPSA) is 90.0 Å². The first-order chi connectivity index (χ1) is 9.89. The Morgan fingerprint density at radius 3 is 2.57 bits per heavy atom. The number of aliphatic carboxylic acids is 1. The molecule has 0 bridgehead atoms. The van der Waals surface area contributed by atoms with Gasteiger partial charge in [0.2, 0.25) is 5.91 Å². The van der Waals surface area contributed by atoms with Crippen molar-refractivity contribution in [3.05, 3.63) is 0 Å². The summed E-state index contributed by atoms with van der Waals surface area (Å²) >= 11 is 0. The number of urea groups is 1. The number of nitrogens with zero attached hydrogens (tertiary/aromatic N) is 2. The van der Waals surface area contributed by atoms with E-state index in [4.69, 9.17) is 0 Å². The summed E-state index contributed by atoms with van der Waals surface area (Å²) in [6, 6.07) is -0.313. The molecule has 21 heavy (non-hydrogen) atoms. The standard InChI is InChI=1S/C14H25N3O4/c1-4-7-14(12(19)20)8-5-9-17(14)13(21)16(3)10-6-11(18)15-2/h4-10H2,1-3H3,(H,15,18)(H,19,20). The van der Waals surface area contributed by atoms with Gasteiger partial charge in [-0.05, 0) is 19.3 Å². The molecule has 0 aromatic carbocycles. The van der Waals surface area contributed by atoms with E-state index < -0.39 is 11.5 Å². The van der Waals surface area contributed by atoms with Crippen LogP contribution < -0.4 is 5.32 Å². The van der Waals surface area contributed by atoms with Gasteiger partial charge in [-0.25, -0.2) is 9.59 Å². The third kappa shape index (κ3) is 3.65. The Balaban J connectivity index is 2.79. The van der Waals surface area contributed by atoms with Gasteiger partial charge in [0.25, 0.3) is 0 Å². The van der Waals surface area contributed by atoms with Crippen molar-refractivity contribution in [2.75, 3.05) is 27.2 Å². The van der Waals surface area contributed by atoms with Crippen molar-refractivity contribution in [3.8, 4) is 0 Å². The van der Waals surface area contributed by atoms with Crippen LogP contribution in [0.1, 0.15) is 39.0 Å². The fraction of sp³-hybridized carbons (Fsp3) is 0.786. The van der Waals surface area contributed by atoms with E-state index in [1.54, 1.807) is 14.1 Å². The highest BCUT2D eigenvalue weighted by atomic mass is 16.4. The summed E-state index contributed by atoms with van der Waals surface area (Å²) in [5.74, 6) is -1.08. The Labute approximate surface area is 125 Å². The van der Waals surface area contributed by atoms with Crippen LogP contribution in [0.5, 0.6) is 0 Å². The van der Waals surface area contributed by atoms with E-state index in [1.807, 2.05) is 6.92 Å². The van der Waals surface area contributed by atoms with Crippen LogP contribution in [0.4, 0.5) is 4.79 Å². The van der Waals surface area contributed by atoms with E-state index in [-0.39, 0.29) is 24.9 Å². The second kappa shape index (κ2) is 7.28. The van der Waals surface area contributed by atoms with E-state index in [2.05, 4.69) is 5.32 Å². The summed E-state index contributed by atoms with van der Waals surface area (Å²) in [5, 5.41) is 12.1. The van der Waals surface area contributed by atoms with Crippen LogP contribution in [0.3, 0.4) is 0 Å². The number of amides is 3. The Bertz CT molecular complexity index is 413. The van der Waals surface area contributed by atoms with E-state index in [1.165, 1.54) is 9.80 Å². The third-order valence-electron chi connectivity index (χ3n) is 4.06. The van der Waals surface area contributed by atoms with E-state index in [0.717, 1.165) is 0 Å². The molecule has 1 aliphatic heterocycles. The minimum atomic E-state index is -1.09. The average Bonchev–Trinajstić information content (AvgIpc) is 2.88. The van der Waals surface area contributed by atoms with Gasteiger partial charge in [0, 0.05) is 33.6 Å². The minimum absolute atomic E-state index is 0.144. The van der Waals surface area contributed by atoms with Crippen LogP contribution in [0.2, 0.25) is 0 Å². The number of hydrogen-bond acceptors (Lipinski definition) is 3. The first-order valence-electron chi connectivity index (χ1n) is 7.35. The molecule has 0 saturated carbocycles. The van der Waals surface area contributed by atoms with Crippen LogP contribution in [-0.2, 0) is 9.59 Å². The molecular formula is C14H25N3O4. The molecule has 1 unspecified atom stereocenters. The zero-order valence-electron chi connectivity index (χ0n) is 13.0. The number of carbonyl (C=O) groups is 3. The number of carboxylic acids is 1. The number of carbonyl (C=O) groups excluding carboxylic acids is 2.